The highest BCUT2D eigenvalue weighted by atomic mass is 32.2. The summed E-state index contributed by atoms with van der Waals surface area (Å²) in [5.41, 5.74) is 0. The van der Waals surface area contributed by atoms with Crippen LogP contribution in [0.2, 0.25) is 0 Å². The van der Waals surface area contributed by atoms with E-state index in [0.29, 0.717) is 24.9 Å². The largest absolute Gasteiger partial charge is 0.314 e. The van der Waals surface area contributed by atoms with E-state index in [9.17, 15) is 8.42 Å². The summed E-state index contributed by atoms with van der Waals surface area (Å²) in [4.78, 5) is 0. The summed E-state index contributed by atoms with van der Waals surface area (Å²) in [6.45, 7) is 6.65. The van der Waals surface area contributed by atoms with Crippen molar-refractivity contribution in [1.82, 2.24) is 9.62 Å². The Labute approximate surface area is 112 Å². The Hall–Kier alpha value is -0.130. The lowest BCUT2D eigenvalue weighted by atomic mass is 10.1. The van der Waals surface area contributed by atoms with E-state index < -0.39 is 10.0 Å². The van der Waals surface area contributed by atoms with Crippen LogP contribution in [0.5, 0.6) is 0 Å². The molecular formula is C13H28N2O2S. The van der Waals surface area contributed by atoms with Crippen LogP contribution in [0.25, 0.3) is 0 Å². The molecule has 0 unspecified atom stereocenters. The lowest BCUT2D eigenvalue weighted by molar-refractivity contribution is 0.289. The first-order valence-corrected chi connectivity index (χ1v) is 8.92. The summed E-state index contributed by atoms with van der Waals surface area (Å²) in [6.07, 6.45) is 6.03. The lowest BCUT2D eigenvalue weighted by Gasteiger charge is -2.31. The van der Waals surface area contributed by atoms with Crippen molar-refractivity contribution in [2.24, 2.45) is 0 Å². The third-order valence-corrected chi connectivity index (χ3v) is 5.52. The molecule has 0 spiro atoms. The second-order valence-electron chi connectivity index (χ2n) is 5.15. The fraction of sp³-hybridized carbons (Fsp3) is 1.00. The highest BCUT2D eigenvalue weighted by Crippen LogP contribution is 2.15. The van der Waals surface area contributed by atoms with E-state index in [4.69, 9.17) is 0 Å². The monoisotopic (exact) mass is 276 g/mol. The van der Waals surface area contributed by atoms with Gasteiger partial charge in [0.05, 0.1) is 5.75 Å². The van der Waals surface area contributed by atoms with Gasteiger partial charge in [-0.05, 0) is 32.2 Å². The van der Waals surface area contributed by atoms with Crippen LogP contribution in [0, 0.1) is 0 Å². The molecule has 0 aliphatic carbocycles. The van der Waals surface area contributed by atoms with Gasteiger partial charge < -0.3 is 5.32 Å². The highest BCUT2D eigenvalue weighted by Gasteiger charge is 2.26. The maximum absolute atomic E-state index is 12.0. The third-order valence-electron chi connectivity index (χ3n) is 3.57. The van der Waals surface area contributed by atoms with Crippen LogP contribution in [-0.4, -0.2) is 44.2 Å². The van der Waals surface area contributed by atoms with Gasteiger partial charge in [0.2, 0.25) is 10.0 Å². The number of nitrogens with zero attached hydrogens (tertiary/aromatic N) is 1. The quantitative estimate of drug-likeness (QED) is 0.690. The van der Waals surface area contributed by atoms with Crippen molar-refractivity contribution in [3.05, 3.63) is 0 Å². The first kappa shape index (κ1) is 15.9. The van der Waals surface area contributed by atoms with Crippen molar-refractivity contribution in [2.45, 2.75) is 58.4 Å². The van der Waals surface area contributed by atoms with E-state index in [1.54, 1.807) is 4.31 Å². The minimum atomic E-state index is -2.99. The number of nitrogens with one attached hydrogen (secondary N) is 1. The van der Waals surface area contributed by atoms with Gasteiger partial charge >= 0.3 is 0 Å². The number of unbranched alkanes of at least 4 members (excludes halogenated alkanes) is 2. The molecule has 1 rings (SSSR count). The summed E-state index contributed by atoms with van der Waals surface area (Å²) in [6, 6.07) is 0.508. The fourth-order valence-corrected chi connectivity index (χ4v) is 3.96. The van der Waals surface area contributed by atoms with E-state index in [1.165, 1.54) is 12.8 Å². The predicted octanol–water partition coefficient (Wildman–Crippen LogP) is 1.97. The molecule has 0 aromatic carbocycles. The van der Waals surface area contributed by atoms with E-state index in [-0.39, 0.29) is 0 Å². The zero-order valence-electron chi connectivity index (χ0n) is 11.8. The van der Waals surface area contributed by atoms with Gasteiger partial charge in [-0.25, -0.2) is 12.7 Å². The molecule has 0 radical (unpaired) electrons. The van der Waals surface area contributed by atoms with Gasteiger partial charge in [-0.2, -0.15) is 0 Å². The Morgan fingerprint density at radius 3 is 2.28 bits per heavy atom. The number of sulfonamides is 1. The topological polar surface area (TPSA) is 49.4 Å². The van der Waals surface area contributed by atoms with Crippen LogP contribution in [-0.2, 0) is 10.0 Å². The lowest BCUT2D eigenvalue weighted by Crippen LogP contribution is -2.45. The normalized spacial score (nSPS) is 19.2. The van der Waals surface area contributed by atoms with Crippen molar-refractivity contribution < 1.29 is 8.42 Å². The molecule has 108 valence electrons. The van der Waals surface area contributed by atoms with Gasteiger partial charge in [-0.15, -0.1) is 0 Å². The molecular weight excluding hydrogens is 248 g/mol. The van der Waals surface area contributed by atoms with Gasteiger partial charge in [-0.3, -0.25) is 0 Å². The summed E-state index contributed by atoms with van der Waals surface area (Å²) in [5, 5.41) is 3.52. The smallest absolute Gasteiger partial charge is 0.214 e. The molecule has 0 aromatic rings. The molecule has 1 aliphatic heterocycles. The second-order valence-corrected chi connectivity index (χ2v) is 7.24. The van der Waals surface area contributed by atoms with Crippen molar-refractivity contribution in [3.8, 4) is 0 Å². The maximum atomic E-state index is 12.0. The van der Waals surface area contributed by atoms with E-state index >= 15 is 0 Å². The average molecular weight is 276 g/mol. The Kier molecular flexibility index (Phi) is 7.19. The summed E-state index contributed by atoms with van der Waals surface area (Å²) < 4.78 is 25.7. The zero-order chi connectivity index (χ0) is 13.4. The van der Waals surface area contributed by atoms with Crippen LogP contribution in [0.1, 0.15) is 52.4 Å². The Balaban J connectivity index is 2.30. The van der Waals surface area contributed by atoms with Gasteiger partial charge in [-0.1, -0.05) is 26.7 Å². The minimum absolute atomic E-state index is 0.317. The first-order chi connectivity index (χ1) is 8.60. The Morgan fingerprint density at radius 1 is 1.11 bits per heavy atom. The number of hydrogen-bond acceptors (Lipinski definition) is 3. The molecule has 18 heavy (non-hydrogen) atoms. The van der Waals surface area contributed by atoms with Crippen LogP contribution >= 0.6 is 0 Å². The second kappa shape index (κ2) is 8.12. The fourth-order valence-electron chi connectivity index (χ4n) is 2.28. The molecule has 1 saturated heterocycles. The summed E-state index contributed by atoms with van der Waals surface area (Å²) in [5.74, 6) is 0.317. The van der Waals surface area contributed by atoms with Gasteiger partial charge in [0.15, 0.2) is 0 Å². The molecule has 0 amide bonds. The van der Waals surface area contributed by atoms with Crippen LogP contribution in [0.4, 0.5) is 0 Å². The zero-order valence-corrected chi connectivity index (χ0v) is 12.6. The van der Waals surface area contributed by atoms with Gasteiger partial charge in [0.1, 0.15) is 0 Å². The van der Waals surface area contributed by atoms with Crippen LogP contribution in [0.15, 0.2) is 0 Å². The minimum Gasteiger partial charge on any atom is -0.314 e. The molecule has 0 saturated carbocycles. The number of rotatable bonds is 8. The molecule has 0 atom stereocenters. The standard InChI is InChI=1S/C13H28N2O2S/c1-3-5-9-14-13-7-10-15(11-8-13)18(16,17)12-6-4-2/h13-14H,3-12H2,1-2H3. The predicted molar refractivity (Wildman–Crippen MR) is 76.2 cm³/mol. The highest BCUT2D eigenvalue weighted by molar-refractivity contribution is 7.89. The summed E-state index contributed by atoms with van der Waals surface area (Å²) in [7, 11) is -2.99. The van der Waals surface area contributed by atoms with Crippen molar-refractivity contribution >= 4 is 10.0 Å². The van der Waals surface area contributed by atoms with Crippen LogP contribution < -0.4 is 5.32 Å². The first-order valence-electron chi connectivity index (χ1n) is 7.31. The van der Waals surface area contributed by atoms with Crippen molar-refractivity contribution in [2.75, 3.05) is 25.4 Å². The van der Waals surface area contributed by atoms with E-state index in [1.807, 2.05) is 6.92 Å². The van der Waals surface area contributed by atoms with Gasteiger partial charge in [0, 0.05) is 19.1 Å². The molecule has 0 bridgehead atoms. The number of piperidine rings is 1. The van der Waals surface area contributed by atoms with E-state index in [2.05, 4.69) is 12.2 Å². The molecule has 1 aliphatic rings. The number of hydrogen-bond donors (Lipinski definition) is 1. The average Bonchev–Trinajstić information content (AvgIpc) is 2.37. The maximum Gasteiger partial charge on any atom is 0.214 e. The van der Waals surface area contributed by atoms with Crippen LogP contribution in [0.3, 0.4) is 0 Å². The molecule has 5 heteroatoms. The van der Waals surface area contributed by atoms with Gasteiger partial charge in [0.25, 0.3) is 0 Å². The molecule has 4 nitrogen and oxygen atoms in total. The Morgan fingerprint density at radius 2 is 1.72 bits per heavy atom. The molecule has 1 heterocycles. The van der Waals surface area contributed by atoms with Crippen molar-refractivity contribution in [3.63, 3.8) is 0 Å². The Bertz CT molecular complexity index is 309. The van der Waals surface area contributed by atoms with Crippen molar-refractivity contribution in [1.29, 1.82) is 0 Å². The molecule has 1 fully saturated rings. The van der Waals surface area contributed by atoms with E-state index in [0.717, 1.165) is 32.2 Å². The summed E-state index contributed by atoms with van der Waals surface area (Å²) >= 11 is 0. The SMILES string of the molecule is CCCCNC1CCN(S(=O)(=O)CCCC)CC1. The molecule has 0 aromatic heterocycles. The molecule has 1 N–H and O–H groups in total. The third kappa shape index (κ3) is 5.24.